The molecule has 0 aliphatic heterocycles. The molecule has 1 N–H and O–H groups in total. The molecule has 0 saturated heterocycles. The Kier molecular flexibility index (Phi) is 5.55. The minimum Gasteiger partial charge on any atom is -0.411 e. The van der Waals surface area contributed by atoms with Crippen LogP contribution in [0, 0.1) is 13.8 Å². The largest absolute Gasteiger partial charge is 0.411 e. The van der Waals surface area contributed by atoms with E-state index in [-0.39, 0.29) is 11.7 Å². The van der Waals surface area contributed by atoms with Crippen LogP contribution in [0.5, 0.6) is 0 Å². The van der Waals surface area contributed by atoms with E-state index in [9.17, 15) is 4.79 Å². The van der Waals surface area contributed by atoms with Gasteiger partial charge in [-0.2, -0.15) is 0 Å². The van der Waals surface area contributed by atoms with E-state index >= 15 is 0 Å². The molecule has 0 radical (unpaired) electrons. The number of hydrogen-bond donors (Lipinski definition) is 1. The van der Waals surface area contributed by atoms with Gasteiger partial charge in [0, 0.05) is 10.2 Å². The van der Waals surface area contributed by atoms with Crippen LogP contribution in [0.4, 0.5) is 5.69 Å². The number of thioether (sulfide) groups is 1. The van der Waals surface area contributed by atoms with E-state index in [4.69, 9.17) is 4.42 Å². The van der Waals surface area contributed by atoms with Gasteiger partial charge in [-0.25, -0.2) is 0 Å². The normalized spacial score (nSPS) is 10.7. The SMILES string of the molecule is Cc1cccc(C)c1NC(=O)CSc1nnc(-c2ccccc2Br)o1. The van der Waals surface area contributed by atoms with Crippen molar-refractivity contribution in [3.63, 3.8) is 0 Å². The van der Waals surface area contributed by atoms with E-state index in [1.807, 2.05) is 56.3 Å². The molecule has 128 valence electrons. The van der Waals surface area contributed by atoms with Crippen LogP contribution in [0.2, 0.25) is 0 Å². The van der Waals surface area contributed by atoms with Gasteiger partial charge in [-0.1, -0.05) is 42.1 Å². The molecule has 0 aliphatic carbocycles. The second kappa shape index (κ2) is 7.84. The summed E-state index contributed by atoms with van der Waals surface area (Å²) in [6.45, 7) is 3.94. The molecular formula is C18H16BrN3O2S. The topological polar surface area (TPSA) is 68.0 Å². The van der Waals surface area contributed by atoms with E-state index in [0.717, 1.165) is 26.9 Å². The number of carbonyl (C=O) groups excluding carboxylic acids is 1. The first-order valence-electron chi connectivity index (χ1n) is 7.62. The third-order valence-electron chi connectivity index (χ3n) is 3.58. The molecule has 1 aromatic heterocycles. The van der Waals surface area contributed by atoms with Crippen molar-refractivity contribution in [3.8, 4) is 11.5 Å². The molecule has 0 unspecified atom stereocenters. The van der Waals surface area contributed by atoms with Crippen LogP contribution in [-0.2, 0) is 4.79 Å². The van der Waals surface area contributed by atoms with E-state index in [1.54, 1.807) is 0 Å². The Labute approximate surface area is 158 Å². The lowest BCUT2D eigenvalue weighted by molar-refractivity contribution is -0.113. The maximum Gasteiger partial charge on any atom is 0.277 e. The minimum atomic E-state index is -0.108. The Morgan fingerprint density at radius 3 is 2.56 bits per heavy atom. The fourth-order valence-electron chi connectivity index (χ4n) is 2.33. The summed E-state index contributed by atoms with van der Waals surface area (Å²) in [5.74, 6) is 0.513. The fourth-order valence-corrected chi connectivity index (χ4v) is 3.34. The summed E-state index contributed by atoms with van der Waals surface area (Å²) >= 11 is 4.67. The van der Waals surface area contributed by atoms with Crippen molar-refractivity contribution in [2.75, 3.05) is 11.1 Å². The third-order valence-corrected chi connectivity index (χ3v) is 5.09. The number of rotatable bonds is 5. The van der Waals surface area contributed by atoms with Gasteiger partial charge in [0.25, 0.3) is 5.22 Å². The first-order chi connectivity index (χ1) is 12.0. The molecule has 0 aliphatic rings. The van der Waals surface area contributed by atoms with Crippen molar-refractivity contribution in [2.24, 2.45) is 0 Å². The summed E-state index contributed by atoms with van der Waals surface area (Å²) in [5, 5.41) is 11.3. The van der Waals surface area contributed by atoms with Crippen LogP contribution in [0.1, 0.15) is 11.1 Å². The van der Waals surface area contributed by atoms with Gasteiger partial charge in [0.05, 0.1) is 11.3 Å². The molecule has 1 heterocycles. The number of para-hydroxylation sites is 1. The Balaban J connectivity index is 1.63. The molecular weight excluding hydrogens is 402 g/mol. The van der Waals surface area contributed by atoms with E-state index < -0.39 is 0 Å². The number of anilines is 1. The molecule has 2 aromatic carbocycles. The number of nitrogens with zero attached hydrogens (tertiary/aromatic N) is 2. The zero-order chi connectivity index (χ0) is 17.8. The second-order valence-electron chi connectivity index (χ2n) is 5.46. The number of halogens is 1. The summed E-state index contributed by atoms with van der Waals surface area (Å²) in [6, 6.07) is 13.5. The maximum atomic E-state index is 12.2. The summed E-state index contributed by atoms with van der Waals surface area (Å²) in [7, 11) is 0. The molecule has 0 bridgehead atoms. The van der Waals surface area contributed by atoms with Crippen molar-refractivity contribution < 1.29 is 9.21 Å². The molecule has 1 amide bonds. The Morgan fingerprint density at radius 2 is 1.84 bits per heavy atom. The standard InChI is InChI=1S/C18H16BrN3O2S/c1-11-6-5-7-12(2)16(11)20-15(23)10-25-18-22-21-17(24-18)13-8-3-4-9-14(13)19/h3-9H,10H2,1-2H3,(H,20,23). The highest BCUT2D eigenvalue weighted by Gasteiger charge is 2.14. The molecule has 25 heavy (non-hydrogen) atoms. The van der Waals surface area contributed by atoms with Gasteiger partial charge >= 0.3 is 0 Å². The lowest BCUT2D eigenvalue weighted by Gasteiger charge is -2.10. The van der Waals surface area contributed by atoms with Crippen LogP contribution in [0.15, 0.2) is 56.6 Å². The smallest absolute Gasteiger partial charge is 0.277 e. The van der Waals surface area contributed by atoms with Gasteiger partial charge in [-0.3, -0.25) is 4.79 Å². The van der Waals surface area contributed by atoms with E-state index in [0.29, 0.717) is 11.1 Å². The highest BCUT2D eigenvalue weighted by atomic mass is 79.9. The summed E-state index contributed by atoms with van der Waals surface area (Å²) in [4.78, 5) is 12.2. The van der Waals surface area contributed by atoms with Gasteiger partial charge in [0.15, 0.2) is 0 Å². The average molecular weight is 418 g/mol. The molecule has 0 saturated carbocycles. The number of carbonyl (C=O) groups is 1. The van der Waals surface area contributed by atoms with Crippen LogP contribution < -0.4 is 5.32 Å². The molecule has 3 aromatic rings. The minimum absolute atomic E-state index is 0.108. The molecule has 3 rings (SSSR count). The van der Waals surface area contributed by atoms with E-state index in [1.165, 1.54) is 11.8 Å². The zero-order valence-corrected chi connectivity index (χ0v) is 16.1. The molecule has 5 nitrogen and oxygen atoms in total. The lowest BCUT2D eigenvalue weighted by Crippen LogP contribution is -2.15. The number of aromatic nitrogens is 2. The van der Waals surface area contributed by atoms with E-state index in [2.05, 4.69) is 31.4 Å². The van der Waals surface area contributed by atoms with Crippen LogP contribution >= 0.6 is 27.7 Å². The third kappa shape index (κ3) is 4.29. The quantitative estimate of drug-likeness (QED) is 0.601. The van der Waals surface area contributed by atoms with Crippen molar-refractivity contribution in [3.05, 3.63) is 58.1 Å². The first kappa shape index (κ1) is 17.7. The number of benzene rings is 2. The Morgan fingerprint density at radius 1 is 1.12 bits per heavy atom. The van der Waals surface area contributed by atoms with Gasteiger partial charge in [-0.05, 0) is 53.0 Å². The van der Waals surface area contributed by atoms with Gasteiger partial charge in [-0.15, -0.1) is 10.2 Å². The Bertz CT molecular complexity index is 891. The van der Waals surface area contributed by atoms with Crippen molar-refractivity contribution >= 4 is 39.3 Å². The van der Waals surface area contributed by atoms with Gasteiger partial charge in [0.1, 0.15) is 0 Å². The first-order valence-corrected chi connectivity index (χ1v) is 9.39. The molecule has 0 atom stereocenters. The van der Waals surface area contributed by atoms with Gasteiger partial charge < -0.3 is 9.73 Å². The zero-order valence-electron chi connectivity index (χ0n) is 13.7. The highest BCUT2D eigenvalue weighted by Crippen LogP contribution is 2.29. The number of aryl methyl sites for hydroxylation is 2. The van der Waals surface area contributed by atoms with Crippen LogP contribution in [0.25, 0.3) is 11.5 Å². The predicted octanol–water partition coefficient (Wildman–Crippen LogP) is 4.85. The average Bonchev–Trinajstić information content (AvgIpc) is 3.06. The second-order valence-corrected chi connectivity index (χ2v) is 7.24. The summed E-state index contributed by atoms with van der Waals surface area (Å²) < 4.78 is 6.51. The molecule has 0 spiro atoms. The van der Waals surface area contributed by atoms with Crippen molar-refractivity contribution in [1.29, 1.82) is 0 Å². The highest BCUT2D eigenvalue weighted by molar-refractivity contribution is 9.10. The summed E-state index contributed by atoms with van der Waals surface area (Å²) in [6.07, 6.45) is 0. The van der Waals surface area contributed by atoms with Crippen molar-refractivity contribution in [2.45, 2.75) is 19.1 Å². The van der Waals surface area contributed by atoms with Crippen LogP contribution in [-0.4, -0.2) is 21.9 Å². The predicted molar refractivity (Wildman–Crippen MR) is 103 cm³/mol. The molecule has 0 fully saturated rings. The summed E-state index contributed by atoms with van der Waals surface area (Å²) in [5.41, 5.74) is 3.74. The number of hydrogen-bond acceptors (Lipinski definition) is 5. The van der Waals surface area contributed by atoms with Gasteiger partial charge in [0.2, 0.25) is 11.8 Å². The number of amides is 1. The maximum absolute atomic E-state index is 12.2. The van der Waals surface area contributed by atoms with Crippen LogP contribution in [0.3, 0.4) is 0 Å². The molecule has 7 heteroatoms. The fraction of sp³-hybridized carbons (Fsp3) is 0.167. The van der Waals surface area contributed by atoms with Crippen molar-refractivity contribution in [1.82, 2.24) is 10.2 Å². The monoisotopic (exact) mass is 417 g/mol. The number of nitrogens with one attached hydrogen (secondary N) is 1. The lowest BCUT2D eigenvalue weighted by atomic mass is 10.1. The Hall–Kier alpha value is -2.12.